The molecule has 1 aromatic heterocycles. The molecule has 4 heterocycles. The number of cyclic esters (lactones) is 1. The van der Waals surface area contributed by atoms with Crippen LogP contribution in [0, 0.1) is 6.92 Å². The van der Waals surface area contributed by atoms with Crippen molar-refractivity contribution >= 4 is 39.2 Å². The van der Waals surface area contributed by atoms with Gasteiger partial charge in [0.1, 0.15) is 12.4 Å². The molecule has 1 unspecified atom stereocenters. The maximum absolute atomic E-state index is 13.8. The van der Waals surface area contributed by atoms with Crippen LogP contribution in [0.3, 0.4) is 0 Å². The number of pyridine rings is 1. The Kier molecular flexibility index (Phi) is 6.65. The Morgan fingerprint density at radius 1 is 1.10 bits per heavy atom. The summed E-state index contributed by atoms with van der Waals surface area (Å²) >= 11 is 0. The molecule has 208 valence electrons. The van der Waals surface area contributed by atoms with Crippen molar-refractivity contribution in [3.63, 3.8) is 0 Å². The highest BCUT2D eigenvalue weighted by atomic mass is 32.2. The Morgan fingerprint density at radius 3 is 2.51 bits per heavy atom. The number of sulfonamides is 1. The van der Waals surface area contributed by atoms with Crippen molar-refractivity contribution in [2.24, 2.45) is 0 Å². The number of aryl methyl sites for hydroxylation is 1. The minimum absolute atomic E-state index is 0.0404. The van der Waals surface area contributed by atoms with Crippen LogP contribution < -0.4 is 14.1 Å². The van der Waals surface area contributed by atoms with E-state index in [1.165, 1.54) is 22.7 Å². The van der Waals surface area contributed by atoms with Crippen LogP contribution in [0.15, 0.2) is 30.5 Å². The minimum Gasteiger partial charge on any atom is -0.447 e. The number of hydrogen-bond acceptors (Lipinski definition) is 7. The molecule has 1 atom stereocenters. The van der Waals surface area contributed by atoms with Crippen molar-refractivity contribution in [1.29, 1.82) is 0 Å². The normalized spacial score (nSPS) is 22.9. The fourth-order valence-electron chi connectivity index (χ4n) is 5.90. The van der Waals surface area contributed by atoms with E-state index in [1.807, 2.05) is 13.1 Å². The molecule has 1 aromatic carbocycles. The summed E-state index contributed by atoms with van der Waals surface area (Å²) in [4.78, 5) is 36.6. The summed E-state index contributed by atoms with van der Waals surface area (Å²) < 4.78 is 32.4. The highest BCUT2D eigenvalue weighted by molar-refractivity contribution is 7.93. The molecule has 0 radical (unpaired) electrons. The van der Waals surface area contributed by atoms with E-state index < -0.39 is 16.1 Å². The number of ether oxygens (including phenoxy) is 1. The molecule has 4 fully saturated rings. The first-order valence-electron chi connectivity index (χ1n) is 13.9. The van der Waals surface area contributed by atoms with Crippen molar-refractivity contribution in [3.05, 3.63) is 47.2 Å². The number of hydrogen-bond donors (Lipinski definition) is 0. The third kappa shape index (κ3) is 4.81. The van der Waals surface area contributed by atoms with Crippen molar-refractivity contribution in [2.45, 2.75) is 51.5 Å². The Morgan fingerprint density at radius 2 is 1.87 bits per heavy atom. The van der Waals surface area contributed by atoms with Gasteiger partial charge in [-0.3, -0.25) is 14.0 Å². The van der Waals surface area contributed by atoms with Crippen LogP contribution in [-0.4, -0.2) is 81.4 Å². The molecule has 2 aromatic rings. The predicted octanol–water partition coefficient (Wildman–Crippen LogP) is 3.50. The van der Waals surface area contributed by atoms with Gasteiger partial charge in [-0.1, -0.05) is 13.0 Å². The lowest BCUT2D eigenvalue weighted by molar-refractivity contribution is 0.0747. The zero-order valence-electron chi connectivity index (χ0n) is 22.5. The summed E-state index contributed by atoms with van der Waals surface area (Å²) in [6, 6.07) is 7.15. The number of amides is 2. The number of anilines is 3. The van der Waals surface area contributed by atoms with Gasteiger partial charge in [-0.05, 0) is 67.9 Å². The van der Waals surface area contributed by atoms with E-state index in [4.69, 9.17) is 9.72 Å². The lowest BCUT2D eigenvalue weighted by Gasteiger charge is -2.36. The molecular formula is C28H35N5O5S. The fraction of sp³-hybridized carbons (Fsp3) is 0.536. The van der Waals surface area contributed by atoms with E-state index >= 15 is 0 Å². The largest absolute Gasteiger partial charge is 0.447 e. The molecule has 0 N–H and O–H groups in total. The molecule has 0 spiro atoms. The number of piperazine rings is 1. The second-order valence-corrected chi connectivity index (χ2v) is 12.9. The summed E-state index contributed by atoms with van der Waals surface area (Å²) in [5, 5.41) is 0. The average molecular weight is 554 g/mol. The van der Waals surface area contributed by atoms with Gasteiger partial charge in [-0.25, -0.2) is 18.2 Å². The van der Waals surface area contributed by atoms with Crippen molar-refractivity contribution in [3.8, 4) is 0 Å². The first kappa shape index (κ1) is 25.9. The minimum atomic E-state index is -3.54. The summed E-state index contributed by atoms with van der Waals surface area (Å²) in [5.41, 5.74) is 3.67. The number of aromatic nitrogens is 1. The van der Waals surface area contributed by atoms with Crippen LogP contribution >= 0.6 is 0 Å². The van der Waals surface area contributed by atoms with E-state index in [2.05, 4.69) is 17.9 Å². The quantitative estimate of drug-likeness (QED) is 0.539. The van der Waals surface area contributed by atoms with Crippen LogP contribution in [-0.2, 0) is 14.8 Å². The lowest BCUT2D eigenvalue weighted by atomic mass is 10.1. The smallest absolute Gasteiger partial charge is 0.414 e. The fourth-order valence-corrected chi connectivity index (χ4v) is 7.47. The van der Waals surface area contributed by atoms with Gasteiger partial charge in [-0.15, -0.1) is 0 Å². The molecule has 1 aliphatic carbocycles. The van der Waals surface area contributed by atoms with Gasteiger partial charge in [0.25, 0.3) is 5.91 Å². The Labute approximate surface area is 229 Å². The van der Waals surface area contributed by atoms with E-state index in [9.17, 15) is 18.0 Å². The van der Waals surface area contributed by atoms with Crippen molar-refractivity contribution < 1.29 is 22.7 Å². The second kappa shape index (κ2) is 10.0. The Bertz CT molecular complexity index is 1400. The van der Waals surface area contributed by atoms with Crippen molar-refractivity contribution in [2.75, 3.05) is 59.2 Å². The monoisotopic (exact) mass is 553 g/mol. The van der Waals surface area contributed by atoms with Crippen LogP contribution in [0.5, 0.6) is 0 Å². The van der Waals surface area contributed by atoms with E-state index in [0.29, 0.717) is 68.4 Å². The number of carbonyl (C=O) groups is 2. The highest BCUT2D eigenvalue weighted by Crippen LogP contribution is 2.41. The van der Waals surface area contributed by atoms with Crippen molar-refractivity contribution in [1.82, 2.24) is 9.88 Å². The summed E-state index contributed by atoms with van der Waals surface area (Å²) in [6.07, 6.45) is 5.20. The van der Waals surface area contributed by atoms with Crippen LogP contribution in [0.1, 0.15) is 60.0 Å². The van der Waals surface area contributed by atoms with Crippen LogP contribution in [0.2, 0.25) is 0 Å². The molecule has 39 heavy (non-hydrogen) atoms. The highest BCUT2D eigenvalue weighted by Gasteiger charge is 2.37. The average Bonchev–Trinajstić information content (AvgIpc) is 3.63. The molecule has 2 amide bonds. The standard InChI is InChI=1S/C28H35N5O5S/c1-3-22-18-38-28(35)33(22)23-7-8-24(25(16-23)32-9-4-14-39(32,36)37)27(34)31-12-10-30(11-13-31)26-19(2)15-21(17-29-26)20-5-6-20/h7-8,15-17,20,22H,3-6,9-14,18H2,1-2H3. The third-order valence-corrected chi connectivity index (χ3v) is 10.1. The maximum Gasteiger partial charge on any atom is 0.414 e. The van der Waals surface area contributed by atoms with E-state index in [1.54, 1.807) is 28.0 Å². The molecule has 10 nitrogen and oxygen atoms in total. The number of rotatable bonds is 6. The maximum atomic E-state index is 13.8. The number of carbonyl (C=O) groups excluding carboxylic acids is 2. The van der Waals surface area contributed by atoms with Gasteiger partial charge in [0, 0.05) is 44.6 Å². The first-order chi connectivity index (χ1) is 18.8. The molecule has 0 bridgehead atoms. The van der Waals surface area contributed by atoms with Gasteiger partial charge < -0.3 is 14.5 Å². The third-order valence-electron chi connectivity index (χ3n) is 8.28. The molecule has 4 aliphatic rings. The van der Waals surface area contributed by atoms with Gasteiger partial charge >= 0.3 is 6.09 Å². The predicted molar refractivity (Wildman–Crippen MR) is 149 cm³/mol. The zero-order chi connectivity index (χ0) is 27.3. The van der Waals surface area contributed by atoms with Gasteiger partial charge in [0.05, 0.1) is 23.0 Å². The SMILES string of the molecule is CCC1COC(=O)N1c1ccc(C(=O)N2CCN(c3ncc(C4CC4)cc3C)CC2)c(N2CCCS2(=O)=O)c1. The van der Waals surface area contributed by atoms with E-state index in [0.717, 1.165) is 11.4 Å². The van der Waals surface area contributed by atoms with Crippen LogP contribution in [0.25, 0.3) is 0 Å². The molecule has 6 rings (SSSR count). The Balaban J connectivity index is 1.24. The van der Waals surface area contributed by atoms with Gasteiger partial charge in [0.15, 0.2) is 0 Å². The van der Waals surface area contributed by atoms with Gasteiger partial charge in [-0.2, -0.15) is 0 Å². The van der Waals surface area contributed by atoms with Crippen LogP contribution in [0.4, 0.5) is 22.0 Å². The molecule has 11 heteroatoms. The summed E-state index contributed by atoms with van der Waals surface area (Å²) in [5.74, 6) is 1.45. The first-order valence-corrected chi connectivity index (χ1v) is 15.5. The Hall–Kier alpha value is -3.34. The summed E-state index contributed by atoms with van der Waals surface area (Å²) in [6.45, 7) is 6.98. The second-order valence-electron chi connectivity index (χ2n) is 10.9. The summed E-state index contributed by atoms with van der Waals surface area (Å²) in [7, 11) is -3.54. The molecular weight excluding hydrogens is 518 g/mol. The molecule has 3 aliphatic heterocycles. The molecule has 1 saturated carbocycles. The number of benzene rings is 1. The zero-order valence-corrected chi connectivity index (χ0v) is 23.3. The number of nitrogens with zero attached hydrogens (tertiary/aromatic N) is 5. The van der Waals surface area contributed by atoms with Gasteiger partial charge in [0.2, 0.25) is 10.0 Å². The lowest BCUT2D eigenvalue weighted by Crippen LogP contribution is -2.49. The molecule has 3 saturated heterocycles. The van der Waals surface area contributed by atoms with E-state index in [-0.39, 0.29) is 24.3 Å². The topological polar surface area (TPSA) is 103 Å².